The maximum atomic E-state index is 12.3. The van der Waals surface area contributed by atoms with Gasteiger partial charge in [0.05, 0.1) is 12.7 Å². The van der Waals surface area contributed by atoms with Crippen LogP contribution in [0.15, 0.2) is 48.5 Å². The van der Waals surface area contributed by atoms with Crippen molar-refractivity contribution in [3.05, 3.63) is 59.7 Å². The number of carboxylic acids is 1. The van der Waals surface area contributed by atoms with Crippen molar-refractivity contribution in [3.8, 4) is 5.75 Å². The number of amides is 1. The molecular formula is C18H17NO4. The number of methoxy groups -OCH3 is 1. The van der Waals surface area contributed by atoms with Crippen LogP contribution in [0.4, 0.5) is 5.69 Å². The monoisotopic (exact) mass is 311 g/mol. The van der Waals surface area contributed by atoms with E-state index in [0.717, 1.165) is 17.7 Å². The molecular weight excluding hydrogens is 294 g/mol. The van der Waals surface area contributed by atoms with Gasteiger partial charge in [-0.15, -0.1) is 0 Å². The van der Waals surface area contributed by atoms with E-state index in [9.17, 15) is 9.59 Å². The van der Waals surface area contributed by atoms with Gasteiger partial charge in [-0.1, -0.05) is 18.2 Å². The molecule has 1 saturated carbocycles. The zero-order valence-electron chi connectivity index (χ0n) is 12.7. The molecule has 0 aromatic heterocycles. The highest BCUT2D eigenvalue weighted by Gasteiger charge is 2.43. The third kappa shape index (κ3) is 3.34. The Labute approximate surface area is 133 Å². The molecule has 2 N–H and O–H groups in total. The van der Waals surface area contributed by atoms with Crippen LogP contribution >= 0.6 is 0 Å². The Morgan fingerprint density at radius 3 is 2.57 bits per heavy atom. The minimum atomic E-state index is -1.01. The Morgan fingerprint density at radius 2 is 1.91 bits per heavy atom. The second-order valence-corrected chi connectivity index (χ2v) is 5.60. The molecule has 1 aliphatic rings. The van der Waals surface area contributed by atoms with Gasteiger partial charge in [0, 0.05) is 11.6 Å². The highest BCUT2D eigenvalue weighted by molar-refractivity contribution is 5.96. The van der Waals surface area contributed by atoms with Crippen molar-refractivity contribution in [1.29, 1.82) is 0 Å². The predicted molar refractivity (Wildman–Crippen MR) is 85.9 cm³/mol. The molecule has 5 heteroatoms. The van der Waals surface area contributed by atoms with E-state index < -0.39 is 5.97 Å². The van der Waals surface area contributed by atoms with Crippen LogP contribution in [0.1, 0.15) is 28.3 Å². The number of aromatic carboxylic acids is 1. The van der Waals surface area contributed by atoms with Crippen LogP contribution in [-0.4, -0.2) is 24.1 Å². The molecule has 0 spiro atoms. The van der Waals surface area contributed by atoms with E-state index in [1.165, 1.54) is 12.1 Å². The van der Waals surface area contributed by atoms with Crippen molar-refractivity contribution in [2.24, 2.45) is 5.92 Å². The Balaban J connectivity index is 1.64. The summed E-state index contributed by atoms with van der Waals surface area (Å²) < 4.78 is 5.13. The smallest absolute Gasteiger partial charge is 0.335 e. The minimum Gasteiger partial charge on any atom is -0.497 e. The van der Waals surface area contributed by atoms with Crippen molar-refractivity contribution in [2.45, 2.75) is 12.3 Å². The Bertz CT molecular complexity index is 739. The fourth-order valence-electron chi connectivity index (χ4n) is 2.67. The van der Waals surface area contributed by atoms with Gasteiger partial charge in [-0.3, -0.25) is 4.79 Å². The molecule has 1 fully saturated rings. The van der Waals surface area contributed by atoms with Gasteiger partial charge in [-0.25, -0.2) is 4.79 Å². The third-order valence-corrected chi connectivity index (χ3v) is 4.05. The summed E-state index contributed by atoms with van der Waals surface area (Å²) in [6.07, 6.45) is 0.802. The Kier molecular flexibility index (Phi) is 4.02. The number of nitrogens with one attached hydrogen (secondary N) is 1. The second-order valence-electron chi connectivity index (χ2n) is 5.60. The van der Waals surface area contributed by atoms with Crippen molar-refractivity contribution in [3.63, 3.8) is 0 Å². The molecule has 1 aliphatic carbocycles. The Morgan fingerprint density at radius 1 is 1.17 bits per heavy atom. The molecule has 0 heterocycles. The average Bonchev–Trinajstić information content (AvgIpc) is 3.36. The lowest BCUT2D eigenvalue weighted by Crippen LogP contribution is -2.15. The summed E-state index contributed by atoms with van der Waals surface area (Å²) in [6, 6.07) is 14.0. The minimum absolute atomic E-state index is 0.0723. The molecule has 2 aromatic rings. The summed E-state index contributed by atoms with van der Waals surface area (Å²) in [5.74, 6) is -0.154. The first-order valence-electron chi connectivity index (χ1n) is 7.36. The molecule has 5 nitrogen and oxygen atoms in total. The molecule has 2 atom stereocenters. The van der Waals surface area contributed by atoms with Gasteiger partial charge in [0.15, 0.2) is 0 Å². The molecule has 1 amide bonds. The normalized spacial score (nSPS) is 19.0. The van der Waals surface area contributed by atoms with Gasteiger partial charge in [0.2, 0.25) is 5.91 Å². The Hall–Kier alpha value is -2.82. The van der Waals surface area contributed by atoms with Gasteiger partial charge in [-0.2, -0.15) is 0 Å². The highest BCUT2D eigenvalue weighted by Crippen LogP contribution is 2.48. The summed E-state index contributed by atoms with van der Waals surface area (Å²) in [4.78, 5) is 23.2. The number of rotatable bonds is 5. The first kappa shape index (κ1) is 15.1. The van der Waals surface area contributed by atoms with Gasteiger partial charge in [0.1, 0.15) is 5.75 Å². The maximum Gasteiger partial charge on any atom is 0.335 e. The van der Waals surface area contributed by atoms with E-state index in [4.69, 9.17) is 9.84 Å². The lowest BCUT2D eigenvalue weighted by atomic mass is 10.1. The van der Waals surface area contributed by atoms with Crippen LogP contribution < -0.4 is 10.1 Å². The molecule has 2 unspecified atom stereocenters. The number of anilines is 1. The standard InChI is InChI=1S/C18H17NO4/c1-23-14-7-5-11(6-8-14)15-10-16(15)17(20)19-13-4-2-3-12(9-13)18(21)22/h2-9,15-16H,10H2,1H3,(H,19,20)(H,21,22). The molecule has 118 valence electrons. The first-order chi connectivity index (χ1) is 11.1. The summed E-state index contributed by atoms with van der Waals surface area (Å²) in [5.41, 5.74) is 1.78. The van der Waals surface area contributed by atoms with E-state index in [1.807, 2.05) is 24.3 Å². The molecule has 0 radical (unpaired) electrons. The number of hydrogen-bond donors (Lipinski definition) is 2. The highest BCUT2D eigenvalue weighted by atomic mass is 16.5. The molecule has 0 bridgehead atoms. The lowest BCUT2D eigenvalue weighted by Gasteiger charge is -2.06. The van der Waals surface area contributed by atoms with Crippen molar-refractivity contribution < 1.29 is 19.4 Å². The number of hydrogen-bond acceptors (Lipinski definition) is 3. The summed E-state index contributed by atoms with van der Waals surface area (Å²) >= 11 is 0. The average molecular weight is 311 g/mol. The summed E-state index contributed by atoms with van der Waals surface area (Å²) in [7, 11) is 1.62. The van der Waals surface area contributed by atoms with Crippen LogP contribution in [0.2, 0.25) is 0 Å². The van der Waals surface area contributed by atoms with Gasteiger partial charge < -0.3 is 15.2 Å². The SMILES string of the molecule is COc1ccc(C2CC2C(=O)Nc2cccc(C(=O)O)c2)cc1. The third-order valence-electron chi connectivity index (χ3n) is 4.05. The van der Waals surface area contributed by atoms with Crippen molar-refractivity contribution >= 4 is 17.6 Å². The van der Waals surface area contributed by atoms with Crippen LogP contribution in [-0.2, 0) is 4.79 Å². The molecule has 2 aromatic carbocycles. The van der Waals surface area contributed by atoms with Gasteiger partial charge in [0.25, 0.3) is 0 Å². The van der Waals surface area contributed by atoms with Crippen LogP contribution in [0.25, 0.3) is 0 Å². The van der Waals surface area contributed by atoms with E-state index in [0.29, 0.717) is 5.69 Å². The lowest BCUT2D eigenvalue weighted by molar-refractivity contribution is -0.117. The number of carboxylic acid groups (broad SMARTS) is 1. The zero-order valence-corrected chi connectivity index (χ0v) is 12.7. The fourth-order valence-corrected chi connectivity index (χ4v) is 2.67. The maximum absolute atomic E-state index is 12.3. The molecule has 0 saturated heterocycles. The fraction of sp³-hybridized carbons (Fsp3) is 0.222. The van der Waals surface area contributed by atoms with E-state index in [1.54, 1.807) is 19.2 Å². The number of ether oxygens (including phenoxy) is 1. The molecule has 3 rings (SSSR count). The van der Waals surface area contributed by atoms with Gasteiger partial charge in [-0.05, 0) is 48.2 Å². The largest absolute Gasteiger partial charge is 0.497 e. The van der Waals surface area contributed by atoms with Crippen LogP contribution in [0, 0.1) is 5.92 Å². The molecule has 0 aliphatic heterocycles. The van der Waals surface area contributed by atoms with E-state index >= 15 is 0 Å². The van der Waals surface area contributed by atoms with Gasteiger partial charge >= 0.3 is 5.97 Å². The van der Waals surface area contributed by atoms with Crippen LogP contribution in [0.3, 0.4) is 0 Å². The van der Waals surface area contributed by atoms with E-state index in [-0.39, 0.29) is 23.3 Å². The summed E-state index contributed by atoms with van der Waals surface area (Å²) in [5, 5.41) is 11.8. The van der Waals surface area contributed by atoms with Crippen molar-refractivity contribution in [2.75, 3.05) is 12.4 Å². The van der Waals surface area contributed by atoms with Crippen LogP contribution in [0.5, 0.6) is 5.75 Å². The number of carbonyl (C=O) groups excluding carboxylic acids is 1. The second kappa shape index (κ2) is 6.12. The first-order valence-corrected chi connectivity index (χ1v) is 7.36. The topological polar surface area (TPSA) is 75.6 Å². The van der Waals surface area contributed by atoms with E-state index in [2.05, 4.69) is 5.32 Å². The number of carbonyl (C=O) groups is 2. The summed E-state index contributed by atoms with van der Waals surface area (Å²) in [6.45, 7) is 0. The van der Waals surface area contributed by atoms with Crippen molar-refractivity contribution in [1.82, 2.24) is 0 Å². The molecule has 23 heavy (non-hydrogen) atoms. The quantitative estimate of drug-likeness (QED) is 0.889. The zero-order chi connectivity index (χ0) is 16.4. The predicted octanol–water partition coefficient (Wildman–Crippen LogP) is 3.14. The number of benzene rings is 2.